The van der Waals surface area contributed by atoms with E-state index in [-0.39, 0.29) is 12.5 Å². The zero-order valence-electron chi connectivity index (χ0n) is 16.8. The third-order valence-corrected chi connectivity index (χ3v) is 6.35. The van der Waals surface area contributed by atoms with Gasteiger partial charge in [0.15, 0.2) is 6.61 Å². The van der Waals surface area contributed by atoms with Gasteiger partial charge in [0.2, 0.25) is 0 Å². The van der Waals surface area contributed by atoms with Crippen LogP contribution in [0.5, 0.6) is 5.75 Å². The van der Waals surface area contributed by atoms with Crippen LogP contribution in [0, 0.1) is 0 Å². The lowest BCUT2D eigenvalue weighted by Gasteiger charge is -2.09. The topological polar surface area (TPSA) is 55.6 Å². The second-order valence-corrected chi connectivity index (χ2v) is 9.62. The van der Waals surface area contributed by atoms with Gasteiger partial charge in [0.1, 0.15) is 5.75 Å². The fourth-order valence-electron chi connectivity index (χ4n) is 3.30. The Kier molecular flexibility index (Phi) is 7.44. The Balaban J connectivity index is 1.43. The van der Waals surface area contributed by atoms with Crippen LogP contribution in [0.25, 0.3) is 10.9 Å². The molecule has 0 bridgehead atoms. The van der Waals surface area contributed by atoms with Gasteiger partial charge in [0, 0.05) is 33.7 Å². The number of hydrazone groups is 1. The molecule has 0 saturated heterocycles. The van der Waals surface area contributed by atoms with E-state index in [1.165, 1.54) is 5.56 Å². The molecule has 0 aliphatic carbocycles. The van der Waals surface area contributed by atoms with Gasteiger partial charge >= 0.3 is 0 Å². The number of ether oxygens (including phenoxy) is 1. The summed E-state index contributed by atoms with van der Waals surface area (Å²) in [6, 6.07) is 22.1. The number of nitrogens with one attached hydrogen (secondary N) is 1. The summed E-state index contributed by atoms with van der Waals surface area (Å²) in [4.78, 5) is 12.2. The highest BCUT2D eigenvalue weighted by Crippen LogP contribution is 2.36. The number of nitrogens with zero attached hydrogens (tertiary/aromatic N) is 2. The van der Waals surface area contributed by atoms with Gasteiger partial charge in [-0.1, -0.05) is 64.5 Å². The predicted octanol–water partition coefficient (Wildman–Crippen LogP) is 6.51. The van der Waals surface area contributed by atoms with Crippen molar-refractivity contribution in [1.29, 1.82) is 0 Å². The van der Waals surface area contributed by atoms with Crippen molar-refractivity contribution in [2.24, 2.45) is 5.10 Å². The van der Waals surface area contributed by atoms with Crippen molar-refractivity contribution in [2.45, 2.75) is 6.54 Å². The van der Waals surface area contributed by atoms with Crippen LogP contribution in [0.2, 0.25) is 0 Å². The molecule has 0 atom stereocenters. The average Bonchev–Trinajstić information content (AvgIpc) is 3.11. The molecule has 4 aromatic rings. The smallest absolute Gasteiger partial charge is 0.277 e. The highest BCUT2D eigenvalue weighted by Gasteiger charge is 2.11. The van der Waals surface area contributed by atoms with Crippen LogP contribution in [-0.2, 0) is 11.3 Å². The molecule has 3 aromatic carbocycles. The number of hydrogen-bond acceptors (Lipinski definition) is 3. The maximum Gasteiger partial charge on any atom is 0.277 e. The van der Waals surface area contributed by atoms with Crippen LogP contribution in [0.3, 0.4) is 0 Å². The van der Waals surface area contributed by atoms with Gasteiger partial charge < -0.3 is 9.30 Å². The minimum Gasteiger partial charge on any atom is -0.481 e. The quantitative estimate of drug-likeness (QED) is 0.190. The summed E-state index contributed by atoms with van der Waals surface area (Å²) in [5.74, 6) is 0.201. The molecule has 8 heteroatoms. The van der Waals surface area contributed by atoms with E-state index in [2.05, 4.69) is 81.1 Å². The lowest BCUT2D eigenvalue weighted by Crippen LogP contribution is -2.24. The summed E-state index contributed by atoms with van der Waals surface area (Å²) in [7, 11) is 0. The maximum atomic E-state index is 12.2. The predicted molar refractivity (Wildman–Crippen MR) is 138 cm³/mol. The van der Waals surface area contributed by atoms with Gasteiger partial charge in [0.25, 0.3) is 5.91 Å². The normalized spacial score (nSPS) is 11.2. The zero-order valence-corrected chi connectivity index (χ0v) is 21.5. The standard InChI is InChI=1S/C24H18Br3N3O2/c25-18-10-20(26)24(21(27)11-18)32-15-23(31)29-28-12-17-14-30(13-16-6-2-1-3-7-16)22-9-5-4-8-19(17)22/h1-12,14H,13,15H2,(H,29,31)/b28-12+. The van der Waals surface area contributed by atoms with E-state index in [9.17, 15) is 4.79 Å². The number of carbonyl (C=O) groups is 1. The molecule has 1 N–H and O–H groups in total. The van der Waals surface area contributed by atoms with Crippen LogP contribution < -0.4 is 10.2 Å². The lowest BCUT2D eigenvalue weighted by molar-refractivity contribution is -0.123. The SMILES string of the molecule is O=C(COc1c(Br)cc(Br)cc1Br)N/N=C/c1cn(Cc2ccccc2)c2ccccc12. The summed E-state index contributed by atoms with van der Waals surface area (Å²) in [5, 5.41) is 5.20. The Morgan fingerprint density at radius 1 is 1.00 bits per heavy atom. The van der Waals surface area contributed by atoms with E-state index >= 15 is 0 Å². The largest absolute Gasteiger partial charge is 0.481 e. The van der Waals surface area contributed by atoms with Gasteiger partial charge in [-0.25, -0.2) is 5.43 Å². The Hall–Kier alpha value is -2.42. The number of carbonyl (C=O) groups excluding carboxylic acids is 1. The second-order valence-electron chi connectivity index (χ2n) is 7.00. The molecule has 4 rings (SSSR count). The fourth-order valence-corrected chi connectivity index (χ4v) is 5.79. The third kappa shape index (κ3) is 5.49. The molecule has 0 radical (unpaired) electrons. The molecule has 0 unspecified atom stereocenters. The van der Waals surface area contributed by atoms with Crippen molar-refractivity contribution in [3.05, 3.63) is 97.5 Å². The molecule has 0 aliphatic rings. The fraction of sp³-hybridized carbons (Fsp3) is 0.0833. The van der Waals surface area contributed by atoms with Crippen LogP contribution in [0.1, 0.15) is 11.1 Å². The van der Waals surface area contributed by atoms with Crippen LogP contribution >= 0.6 is 47.8 Å². The number of hydrogen-bond donors (Lipinski definition) is 1. The molecule has 1 amide bonds. The van der Waals surface area contributed by atoms with E-state index in [1.54, 1.807) is 6.21 Å². The van der Waals surface area contributed by atoms with Gasteiger partial charge in [-0.3, -0.25) is 4.79 Å². The monoisotopic (exact) mass is 617 g/mol. The number of aromatic nitrogens is 1. The van der Waals surface area contributed by atoms with E-state index in [4.69, 9.17) is 4.74 Å². The number of halogens is 3. The number of amides is 1. The van der Waals surface area contributed by atoms with Crippen molar-refractivity contribution in [2.75, 3.05) is 6.61 Å². The highest BCUT2D eigenvalue weighted by atomic mass is 79.9. The maximum absolute atomic E-state index is 12.2. The number of para-hydroxylation sites is 1. The van der Waals surface area contributed by atoms with Crippen molar-refractivity contribution >= 4 is 70.8 Å². The number of rotatable bonds is 7. The van der Waals surface area contributed by atoms with Crippen LogP contribution in [0.15, 0.2) is 91.4 Å². The molecule has 162 valence electrons. The molecule has 32 heavy (non-hydrogen) atoms. The van der Waals surface area contributed by atoms with Gasteiger partial charge in [-0.05, 0) is 55.6 Å². The number of fused-ring (bicyclic) bond motifs is 1. The first kappa shape index (κ1) is 22.8. The number of benzene rings is 3. The zero-order chi connectivity index (χ0) is 22.5. The molecule has 1 aromatic heterocycles. The summed E-state index contributed by atoms with van der Waals surface area (Å²) in [5.41, 5.74) is 5.78. The molecule has 1 heterocycles. The van der Waals surface area contributed by atoms with Gasteiger partial charge in [-0.15, -0.1) is 0 Å². The minimum absolute atomic E-state index is 0.161. The first-order valence-corrected chi connectivity index (χ1v) is 12.1. The van der Waals surface area contributed by atoms with Gasteiger partial charge in [-0.2, -0.15) is 5.10 Å². The molecule has 0 aliphatic heterocycles. The molecular weight excluding hydrogens is 602 g/mol. The summed E-state index contributed by atoms with van der Waals surface area (Å²) >= 11 is 10.3. The van der Waals surface area contributed by atoms with Crippen molar-refractivity contribution in [1.82, 2.24) is 9.99 Å². The third-order valence-electron chi connectivity index (χ3n) is 4.72. The molecule has 0 spiro atoms. The summed E-state index contributed by atoms with van der Waals surface area (Å²) in [6.45, 7) is 0.596. The summed E-state index contributed by atoms with van der Waals surface area (Å²) < 4.78 is 10.2. The summed E-state index contributed by atoms with van der Waals surface area (Å²) in [6.07, 6.45) is 3.70. The highest BCUT2D eigenvalue weighted by molar-refractivity contribution is 9.11. The minimum atomic E-state index is -0.351. The van der Waals surface area contributed by atoms with Crippen LogP contribution in [0.4, 0.5) is 0 Å². The van der Waals surface area contributed by atoms with E-state index in [0.717, 1.165) is 36.4 Å². The molecule has 0 saturated carbocycles. The Morgan fingerprint density at radius 3 is 2.44 bits per heavy atom. The van der Waals surface area contributed by atoms with Crippen molar-refractivity contribution in [3.8, 4) is 5.75 Å². The Morgan fingerprint density at radius 2 is 1.69 bits per heavy atom. The molecule has 5 nitrogen and oxygen atoms in total. The Bertz CT molecular complexity index is 1260. The van der Waals surface area contributed by atoms with E-state index in [1.807, 2.05) is 54.7 Å². The van der Waals surface area contributed by atoms with Crippen molar-refractivity contribution < 1.29 is 9.53 Å². The van der Waals surface area contributed by atoms with E-state index < -0.39 is 0 Å². The van der Waals surface area contributed by atoms with E-state index in [0.29, 0.717) is 5.75 Å². The van der Waals surface area contributed by atoms with Crippen LogP contribution in [-0.4, -0.2) is 23.3 Å². The first-order chi connectivity index (χ1) is 15.5. The molecular formula is C24H18Br3N3O2. The lowest BCUT2D eigenvalue weighted by atomic mass is 10.2. The first-order valence-electron chi connectivity index (χ1n) is 9.72. The second kappa shape index (κ2) is 10.5. The van der Waals surface area contributed by atoms with Gasteiger partial charge in [0.05, 0.1) is 15.2 Å². The molecule has 0 fully saturated rings. The van der Waals surface area contributed by atoms with Crippen molar-refractivity contribution in [3.63, 3.8) is 0 Å². The average molecular weight is 620 g/mol. The Labute approximate surface area is 210 Å².